The van der Waals surface area contributed by atoms with Gasteiger partial charge in [-0.3, -0.25) is 9.59 Å². The number of benzene rings is 2. The van der Waals surface area contributed by atoms with Crippen molar-refractivity contribution in [2.24, 2.45) is 0 Å². The summed E-state index contributed by atoms with van der Waals surface area (Å²) >= 11 is 5.93. The maximum absolute atomic E-state index is 13.6. The standard InChI is InChI=1S/C24H20ClF2N5O2/c1-14(33)30-22(16-5-7-17(26)8-6-16)24(34)29-12-21-31-20-3-2-10-28-23(20)32(21)13-15-4-9-19(27)18(25)11-15/h2-11,22H,12-13H2,1H3,(H,29,34)(H,30,33)/t22-/m1/s1. The van der Waals surface area contributed by atoms with Crippen LogP contribution >= 0.6 is 11.6 Å². The Bertz CT molecular complexity index is 1360. The maximum Gasteiger partial charge on any atom is 0.247 e. The zero-order valence-corrected chi connectivity index (χ0v) is 18.8. The molecule has 0 fully saturated rings. The van der Waals surface area contributed by atoms with Gasteiger partial charge in [-0.1, -0.05) is 29.8 Å². The molecule has 0 spiro atoms. The Morgan fingerprint density at radius 3 is 2.59 bits per heavy atom. The van der Waals surface area contributed by atoms with Crippen LogP contribution in [0.25, 0.3) is 11.2 Å². The second-order valence-electron chi connectivity index (χ2n) is 7.61. The van der Waals surface area contributed by atoms with E-state index in [4.69, 9.17) is 11.6 Å². The zero-order chi connectivity index (χ0) is 24.2. The monoisotopic (exact) mass is 483 g/mol. The van der Waals surface area contributed by atoms with Gasteiger partial charge in [0.15, 0.2) is 5.65 Å². The molecule has 174 valence electrons. The number of hydrogen-bond acceptors (Lipinski definition) is 4. The molecule has 1 atom stereocenters. The van der Waals surface area contributed by atoms with E-state index < -0.39 is 29.5 Å². The van der Waals surface area contributed by atoms with Crippen molar-refractivity contribution >= 4 is 34.6 Å². The van der Waals surface area contributed by atoms with Crippen LogP contribution in [0.15, 0.2) is 60.8 Å². The second kappa shape index (κ2) is 9.96. The van der Waals surface area contributed by atoms with Gasteiger partial charge in [0.05, 0.1) is 18.1 Å². The van der Waals surface area contributed by atoms with Crippen LogP contribution < -0.4 is 10.6 Å². The fourth-order valence-electron chi connectivity index (χ4n) is 3.55. The summed E-state index contributed by atoms with van der Waals surface area (Å²) in [6.07, 6.45) is 1.63. The highest BCUT2D eigenvalue weighted by atomic mass is 35.5. The molecule has 4 aromatic rings. The number of halogens is 3. The second-order valence-corrected chi connectivity index (χ2v) is 8.02. The number of hydrogen-bond donors (Lipinski definition) is 2. The number of nitrogens with zero attached hydrogens (tertiary/aromatic N) is 3. The van der Waals surface area contributed by atoms with Crippen molar-refractivity contribution in [2.45, 2.75) is 26.1 Å². The van der Waals surface area contributed by atoms with E-state index >= 15 is 0 Å². The number of nitrogens with one attached hydrogen (secondary N) is 2. The van der Waals surface area contributed by atoms with Crippen LogP contribution in [0.5, 0.6) is 0 Å². The van der Waals surface area contributed by atoms with Crippen LogP contribution in [0.3, 0.4) is 0 Å². The molecule has 7 nitrogen and oxygen atoms in total. The zero-order valence-electron chi connectivity index (χ0n) is 18.1. The van der Waals surface area contributed by atoms with Crippen molar-refractivity contribution in [3.63, 3.8) is 0 Å². The van der Waals surface area contributed by atoms with Crippen LogP contribution in [0.4, 0.5) is 8.78 Å². The van der Waals surface area contributed by atoms with Gasteiger partial charge < -0.3 is 15.2 Å². The van der Waals surface area contributed by atoms with Crippen molar-refractivity contribution in [3.8, 4) is 0 Å². The van der Waals surface area contributed by atoms with Gasteiger partial charge in [-0.15, -0.1) is 0 Å². The van der Waals surface area contributed by atoms with Crippen molar-refractivity contribution in [2.75, 3.05) is 0 Å². The lowest BCUT2D eigenvalue weighted by atomic mass is 10.1. The van der Waals surface area contributed by atoms with Gasteiger partial charge >= 0.3 is 0 Å². The molecule has 2 amide bonds. The Kier molecular flexibility index (Phi) is 6.83. The molecule has 0 bridgehead atoms. The molecule has 0 radical (unpaired) electrons. The van der Waals surface area contributed by atoms with Gasteiger partial charge in [0, 0.05) is 13.1 Å². The summed E-state index contributed by atoms with van der Waals surface area (Å²) in [7, 11) is 0. The molecule has 0 saturated heterocycles. The number of aromatic nitrogens is 3. The predicted molar refractivity (Wildman–Crippen MR) is 123 cm³/mol. The molecule has 0 unspecified atom stereocenters. The van der Waals surface area contributed by atoms with Crippen molar-refractivity contribution in [1.29, 1.82) is 0 Å². The Morgan fingerprint density at radius 1 is 1.12 bits per heavy atom. The minimum atomic E-state index is -1.01. The third-order valence-corrected chi connectivity index (χ3v) is 5.43. The van der Waals surface area contributed by atoms with E-state index in [1.807, 2.05) is 0 Å². The molecule has 34 heavy (non-hydrogen) atoms. The van der Waals surface area contributed by atoms with Crippen LogP contribution in [-0.4, -0.2) is 26.3 Å². The summed E-state index contributed by atoms with van der Waals surface area (Å²) in [5.41, 5.74) is 2.37. The highest BCUT2D eigenvalue weighted by Gasteiger charge is 2.22. The quantitative estimate of drug-likeness (QED) is 0.417. The molecule has 10 heteroatoms. The molecule has 0 aliphatic carbocycles. The van der Waals surface area contributed by atoms with E-state index in [2.05, 4.69) is 20.6 Å². The topological polar surface area (TPSA) is 88.9 Å². The number of pyridine rings is 1. The van der Waals surface area contributed by atoms with Crippen LogP contribution in [0.1, 0.15) is 29.9 Å². The lowest BCUT2D eigenvalue weighted by Crippen LogP contribution is -2.39. The summed E-state index contributed by atoms with van der Waals surface area (Å²) in [6, 6.07) is 12.3. The predicted octanol–water partition coefficient (Wildman–Crippen LogP) is 3.90. The number of rotatable bonds is 7. The van der Waals surface area contributed by atoms with Gasteiger partial charge in [0.25, 0.3) is 0 Å². The van der Waals surface area contributed by atoms with Gasteiger partial charge in [-0.25, -0.2) is 18.7 Å². The first kappa shape index (κ1) is 23.3. The third kappa shape index (κ3) is 5.20. The molecule has 0 aliphatic rings. The highest BCUT2D eigenvalue weighted by molar-refractivity contribution is 6.30. The molecule has 2 aromatic heterocycles. The first-order chi connectivity index (χ1) is 16.3. The summed E-state index contributed by atoms with van der Waals surface area (Å²) in [6.45, 7) is 1.62. The first-order valence-electron chi connectivity index (χ1n) is 10.4. The number of amides is 2. The highest BCUT2D eigenvalue weighted by Crippen LogP contribution is 2.21. The lowest BCUT2D eigenvalue weighted by molar-refractivity contribution is -0.128. The summed E-state index contributed by atoms with van der Waals surface area (Å²) in [4.78, 5) is 33.6. The van der Waals surface area contributed by atoms with E-state index in [-0.39, 0.29) is 11.6 Å². The number of carbonyl (C=O) groups is 2. The van der Waals surface area contributed by atoms with Crippen LogP contribution in [0.2, 0.25) is 5.02 Å². The smallest absolute Gasteiger partial charge is 0.247 e. The first-order valence-corrected chi connectivity index (χ1v) is 10.7. The molecular weight excluding hydrogens is 464 g/mol. The number of imidazole rings is 1. The number of carbonyl (C=O) groups excluding carboxylic acids is 2. The summed E-state index contributed by atoms with van der Waals surface area (Å²) in [5.74, 6) is -1.36. The molecule has 0 saturated carbocycles. The fourth-order valence-corrected chi connectivity index (χ4v) is 3.76. The minimum Gasteiger partial charge on any atom is -0.347 e. The van der Waals surface area contributed by atoms with Crippen molar-refractivity contribution in [1.82, 2.24) is 25.2 Å². The van der Waals surface area contributed by atoms with Gasteiger partial charge in [-0.05, 0) is 47.5 Å². The Morgan fingerprint density at radius 2 is 1.88 bits per heavy atom. The van der Waals surface area contributed by atoms with E-state index in [0.29, 0.717) is 29.1 Å². The molecule has 2 N–H and O–H groups in total. The SMILES string of the molecule is CC(=O)N[C@@H](C(=O)NCc1nc2cccnc2n1Cc1ccc(F)c(Cl)c1)c1ccc(F)cc1. The largest absolute Gasteiger partial charge is 0.347 e. The van der Waals surface area contributed by atoms with Gasteiger partial charge in [-0.2, -0.15) is 0 Å². The van der Waals surface area contributed by atoms with Gasteiger partial charge in [0.1, 0.15) is 29.0 Å². The van der Waals surface area contributed by atoms with E-state index in [0.717, 1.165) is 5.56 Å². The lowest BCUT2D eigenvalue weighted by Gasteiger charge is -2.18. The van der Waals surface area contributed by atoms with Crippen LogP contribution in [0, 0.1) is 11.6 Å². The summed E-state index contributed by atoms with van der Waals surface area (Å²) in [5, 5.41) is 5.36. The van der Waals surface area contributed by atoms with Crippen molar-refractivity contribution in [3.05, 3.63) is 94.4 Å². The van der Waals surface area contributed by atoms with Crippen LogP contribution in [-0.2, 0) is 22.7 Å². The molecule has 4 rings (SSSR count). The Balaban J connectivity index is 1.60. The molecule has 2 heterocycles. The van der Waals surface area contributed by atoms with E-state index in [1.165, 1.54) is 43.3 Å². The number of fused-ring (bicyclic) bond motifs is 1. The molecule has 0 aliphatic heterocycles. The summed E-state index contributed by atoms with van der Waals surface area (Å²) < 4.78 is 28.7. The molecule has 2 aromatic carbocycles. The Hall–Kier alpha value is -3.85. The maximum atomic E-state index is 13.6. The fraction of sp³-hybridized carbons (Fsp3) is 0.167. The van der Waals surface area contributed by atoms with Crippen molar-refractivity contribution < 1.29 is 18.4 Å². The van der Waals surface area contributed by atoms with E-state index in [1.54, 1.807) is 29.0 Å². The molecular formula is C24H20ClF2N5O2. The van der Waals surface area contributed by atoms with E-state index in [9.17, 15) is 18.4 Å². The average molecular weight is 484 g/mol. The minimum absolute atomic E-state index is 0.00202. The average Bonchev–Trinajstić information content (AvgIpc) is 3.16. The third-order valence-electron chi connectivity index (χ3n) is 5.14. The Labute approximate surface area is 198 Å². The van der Waals surface area contributed by atoms with Gasteiger partial charge in [0.2, 0.25) is 11.8 Å². The normalized spacial score (nSPS) is 11.9.